The van der Waals surface area contributed by atoms with Crippen molar-refractivity contribution in [2.45, 2.75) is 12.7 Å². The van der Waals surface area contributed by atoms with Gasteiger partial charge in [-0.1, -0.05) is 6.07 Å². The zero-order valence-corrected chi connectivity index (χ0v) is 8.31. The Morgan fingerprint density at radius 3 is 2.50 bits per heavy atom. The Morgan fingerprint density at radius 1 is 1.25 bits per heavy atom. The Morgan fingerprint density at radius 2 is 1.94 bits per heavy atom. The molecule has 2 N–H and O–H groups in total. The predicted molar refractivity (Wildman–Crippen MR) is 50.2 cm³/mol. The Balaban J connectivity index is 2.90. The number of aliphatic hydroxyl groups is 1. The fraction of sp³-hybridized carbons (Fsp3) is 0.400. The Hall–Kier alpha value is -1.14. The summed E-state index contributed by atoms with van der Waals surface area (Å²) in [5.41, 5.74) is -1.03. The van der Waals surface area contributed by atoms with E-state index in [0.29, 0.717) is 6.07 Å². The molecule has 0 amide bonds. The van der Waals surface area contributed by atoms with E-state index in [1.54, 1.807) is 0 Å². The van der Waals surface area contributed by atoms with Crippen molar-refractivity contribution < 1.29 is 22.7 Å². The lowest BCUT2D eigenvalue weighted by molar-refractivity contribution is -0.138. The van der Waals surface area contributed by atoms with E-state index in [-0.39, 0.29) is 25.3 Å². The molecular formula is C10H11F4NO. The van der Waals surface area contributed by atoms with Crippen LogP contribution in [0.3, 0.4) is 0 Å². The molecule has 1 aromatic rings. The lowest BCUT2D eigenvalue weighted by Crippen LogP contribution is -2.20. The number of nitrogens with one attached hydrogen (secondary N) is 1. The third kappa shape index (κ3) is 3.46. The standard InChI is InChI=1S/C10H11F4NO/c11-8-2-1-7(6-15-3-4-16)9(5-8)10(12,13)14/h1-2,5,15-16H,3-4,6H2. The zero-order chi connectivity index (χ0) is 12.2. The molecule has 0 atom stereocenters. The number of rotatable bonds is 4. The third-order valence-electron chi connectivity index (χ3n) is 1.98. The zero-order valence-electron chi connectivity index (χ0n) is 8.31. The maximum absolute atomic E-state index is 12.7. The normalized spacial score (nSPS) is 11.8. The van der Waals surface area contributed by atoms with E-state index in [0.717, 1.165) is 12.1 Å². The van der Waals surface area contributed by atoms with Gasteiger partial charge < -0.3 is 10.4 Å². The Kier molecular flexibility index (Phi) is 4.26. The van der Waals surface area contributed by atoms with Gasteiger partial charge in [-0.05, 0) is 17.7 Å². The lowest BCUT2D eigenvalue weighted by atomic mass is 10.1. The molecule has 0 saturated heterocycles. The van der Waals surface area contributed by atoms with Crippen LogP contribution in [0.25, 0.3) is 0 Å². The summed E-state index contributed by atoms with van der Waals surface area (Å²) in [5.74, 6) is -0.918. The molecule has 1 rings (SSSR count). The quantitative estimate of drug-likeness (QED) is 0.619. The molecule has 0 aliphatic carbocycles. The first kappa shape index (κ1) is 12.9. The summed E-state index contributed by atoms with van der Waals surface area (Å²) in [6.45, 7) is -0.0348. The second kappa shape index (κ2) is 5.27. The van der Waals surface area contributed by atoms with Crippen LogP contribution in [0.2, 0.25) is 0 Å². The number of halogens is 4. The van der Waals surface area contributed by atoms with Crippen molar-refractivity contribution in [3.8, 4) is 0 Å². The molecule has 0 aromatic heterocycles. The maximum Gasteiger partial charge on any atom is 0.416 e. The first-order valence-corrected chi connectivity index (χ1v) is 4.62. The molecule has 0 heterocycles. The monoisotopic (exact) mass is 237 g/mol. The van der Waals surface area contributed by atoms with Crippen LogP contribution >= 0.6 is 0 Å². The van der Waals surface area contributed by atoms with E-state index < -0.39 is 17.6 Å². The number of hydrogen-bond donors (Lipinski definition) is 2. The highest BCUT2D eigenvalue weighted by Crippen LogP contribution is 2.32. The van der Waals surface area contributed by atoms with Gasteiger partial charge >= 0.3 is 6.18 Å². The van der Waals surface area contributed by atoms with Crippen molar-refractivity contribution in [3.63, 3.8) is 0 Å². The van der Waals surface area contributed by atoms with Gasteiger partial charge in [-0.2, -0.15) is 13.2 Å². The van der Waals surface area contributed by atoms with Crippen LogP contribution in [0.5, 0.6) is 0 Å². The highest BCUT2D eigenvalue weighted by molar-refractivity contribution is 5.30. The largest absolute Gasteiger partial charge is 0.416 e. The van der Waals surface area contributed by atoms with Crippen molar-refractivity contribution in [2.24, 2.45) is 0 Å². The molecule has 2 nitrogen and oxygen atoms in total. The molecule has 0 unspecified atom stereocenters. The highest BCUT2D eigenvalue weighted by Gasteiger charge is 2.33. The third-order valence-corrected chi connectivity index (χ3v) is 1.98. The second-order valence-corrected chi connectivity index (χ2v) is 3.20. The van der Waals surface area contributed by atoms with Crippen LogP contribution in [0.1, 0.15) is 11.1 Å². The molecule has 1 aromatic carbocycles. The van der Waals surface area contributed by atoms with Crippen LogP contribution in [-0.4, -0.2) is 18.3 Å². The highest BCUT2D eigenvalue weighted by atomic mass is 19.4. The number of aliphatic hydroxyl groups excluding tert-OH is 1. The van der Waals surface area contributed by atoms with Crippen LogP contribution < -0.4 is 5.32 Å². The van der Waals surface area contributed by atoms with Gasteiger partial charge in [0.25, 0.3) is 0 Å². The van der Waals surface area contributed by atoms with Gasteiger partial charge in [0.1, 0.15) is 5.82 Å². The molecule has 0 bridgehead atoms. The van der Waals surface area contributed by atoms with Gasteiger partial charge in [-0.15, -0.1) is 0 Å². The molecule has 0 fully saturated rings. The van der Waals surface area contributed by atoms with E-state index in [1.165, 1.54) is 0 Å². The van der Waals surface area contributed by atoms with Gasteiger partial charge in [0, 0.05) is 13.1 Å². The number of hydrogen-bond acceptors (Lipinski definition) is 2. The summed E-state index contributed by atoms with van der Waals surface area (Å²) in [6.07, 6.45) is -4.57. The van der Waals surface area contributed by atoms with E-state index in [2.05, 4.69) is 5.32 Å². The van der Waals surface area contributed by atoms with Gasteiger partial charge in [0.15, 0.2) is 0 Å². The molecule has 0 spiro atoms. The summed E-state index contributed by atoms with van der Waals surface area (Å²) in [6, 6.07) is 2.53. The van der Waals surface area contributed by atoms with Gasteiger partial charge in [-0.25, -0.2) is 4.39 Å². The molecule has 0 aliphatic heterocycles. The van der Waals surface area contributed by atoms with Crippen molar-refractivity contribution in [1.29, 1.82) is 0 Å². The van der Waals surface area contributed by atoms with E-state index in [1.807, 2.05) is 0 Å². The lowest BCUT2D eigenvalue weighted by Gasteiger charge is -2.13. The van der Waals surface area contributed by atoms with Crippen LogP contribution in [0.4, 0.5) is 17.6 Å². The van der Waals surface area contributed by atoms with Crippen LogP contribution in [0.15, 0.2) is 18.2 Å². The summed E-state index contributed by atoms with van der Waals surface area (Å²) in [4.78, 5) is 0. The van der Waals surface area contributed by atoms with E-state index in [9.17, 15) is 17.6 Å². The van der Waals surface area contributed by atoms with Crippen molar-refractivity contribution in [1.82, 2.24) is 5.32 Å². The molecular weight excluding hydrogens is 226 g/mol. The summed E-state index contributed by atoms with van der Waals surface area (Å²) in [5, 5.41) is 11.1. The molecule has 6 heteroatoms. The van der Waals surface area contributed by atoms with Gasteiger partial charge in [-0.3, -0.25) is 0 Å². The van der Waals surface area contributed by atoms with E-state index in [4.69, 9.17) is 5.11 Å². The number of alkyl halides is 3. The Bertz CT molecular complexity index is 351. The topological polar surface area (TPSA) is 32.3 Å². The minimum Gasteiger partial charge on any atom is -0.395 e. The predicted octanol–water partition coefficient (Wildman–Crippen LogP) is 1.93. The first-order chi connectivity index (χ1) is 7.45. The summed E-state index contributed by atoms with van der Waals surface area (Å²) in [7, 11) is 0. The van der Waals surface area contributed by atoms with Crippen molar-refractivity contribution in [3.05, 3.63) is 35.1 Å². The summed E-state index contributed by atoms with van der Waals surface area (Å²) >= 11 is 0. The molecule has 90 valence electrons. The summed E-state index contributed by atoms with van der Waals surface area (Å²) < 4.78 is 50.2. The molecule has 0 saturated carbocycles. The minimum absolute atomic E-state index is 0.0395. The average molecular weight is 237 g/mol. The van der Waals surface area contributed by atoms with E-state index >= 15 is 0 Å². The minimum atomic E-state index is -4.57. The van der Waals surface area contributed by atoms with Crippen molar-refractivity contribution in [2.75, 3.05) is 13.2 Å². The van der Waals surface area contributed by atoms with Crippen molar-refractivity contribution >= 4 is 0 Å². The smallest absolute Gasteiger partial charge is 0.395 e. The molecule has 0 aliphatic rings. The SMILES string of the molecule is OCCNCc1ccc(F)cc1C(F)(F)F. The first-order valence-electron chi connectivity index (χ1n) is 4.62. The van der Waals surface area contributed by atoms with Gasteiger partial charge in [0.05, 0.1) is 12.2 Å². The molecule has 0 radical (unpaired) electrons. The average Bonchev–Trinajstić information content (AvgIpc) is 2.19. The molecule has 16 heavy (non-hydrogen) atoms. The number of benzene rings is 1. The van der Waals surface area contributed by atoms with Crippen LogP contribution in [0, 0.1) is 5.82 Å². The van der Waals surface area contributed by atoms with Crippen LogP contribution in [-0.2, 0) is 12.7 Å². The fourth-order valence-corrected chi connectivity index (χ4v) is 1.27. The second-order valence-electron chi connectivity index (χ2n) is 3.20. The Labute approximate surface area is 89.9 Å². The fourth-order valence-electron chi connectivity index (χ4n) is 1.27. The maximum atomic E-state index is 12.7. The van der Waals surface area contributed by atoms with Gasteiger partial charge in [0.2, 0.25) is 0 Å².